The molecular formula is C18H23FN4O3S. The van der Waals surface area contributed by atoms with Crippen molar-refractivity contribution in [3.8, 4) is 0 Å². The maximum absolute atomic E-state index is 13.8. The summed E-state index contributed by atoms with van der Waals surface area (Å²) < 4.78 is 13.8. The minimum Gasteiger partial charge on any atom is -0.350 e. The standard InChI is InChI=1S/C18H23FN4O3S/c1-22-14(11-27-18(22)20-12-5-3-2-4-6-12)10-17(24)21-16-9-13(23(25)26)7-8-15(16)19/h7-9,12,14H,2-6,10-11H2,1H3,(H,21,24). The molecule has 1 atom stereocenters. The van der Waals surface area contributed by atoms with E-state index in [1.807, 2.05) is 11.9 Å². The van der Waals surface area contributed by atoms with E-state index in [1.54, 1.807) is 11.8 Å². The molecule has 1 unspecified atom stereocenters. The van der Waals surface area contributed by atoms with Crippen LogP contribution in [0.5, 0.6) is 0 Å². The second-order valence-corrected chi connectivity index (χ2v) is 7.94. The normalized spacial score (nSPS) is 22.2. The van der Waals surface area contributed by atoms with Gasteiger partial charge in [-0.05, 0) is 18.9 Å². The fourth-order valence-corrected chi connectivity index (χ4v) is 4.63. The van der Waals surface area contributed by atoms with Gasteiger partial charge in [0, 0.05) is 37.4 Å². The van der Waals surface area contributed by atoms with Gasteiger partial charge in [-0.15, -0.1) is 0 Å². The largest absolute Gasteiger partial charge is 0.350 e. The predicted octanol–water partition coefficient (Wildman–Crippen LogP) is 3.80. The average molecular weight is 394 g/mol. The molecule has 1 aliphatic carbocycles. The Morgan fingerprint density at radius 3 is 2.85 bits per heavy atom. The van der Waals surface area contributed by atoms with E-state index in [0.29, 0.717) is 6.04 Å². The van der Waals surface area contributed by atoms with Crippen LogP contribution < -0.4 is 5.32 Å². The number of benzene rings is 1. The van der Waals surface area contributed by atoms with Gasteiger partial charge < -0.3 is 10.2 Å². The van der Waals surface area contributed by atoms with E-state index < -0.39 is 10.7 Å². The Labute approximate surface area is 161 Å². The van der Waals surface area contributed by atoms with Gasteiger partial charge in [0.25, 0.3) is 5.69 Å². The van der Waals surface area contributed by atoms with E-state index in [9.17, 15) is 19.3 Å². The molecule has 1 aromatic rings. The predicted molar refractivity (Wildman–Crippen MR) is 105 cm³/mol. The molecule has 7 nitrogen and oxygen atoms in total. The highest BCUT2D eigenvalue weighted by Gasteiger charge is 2.30. The highest BCUT2D eigenvalue weighted by molar-refractivity contribution is 8.14. The Morgan fingerprint density at radius 1 is 1.41 bits per heavy atom. The fourth-order valence-electron chi connectivity index (χ4n) is 3.37. The fraction of sp³-hybridized carbons (Fsp3) is 0.556. The molecule has 27 heavy (non-hydrogen) atoms. The van der Waals surface area contributed by atoms with Crippen molar-refractivity contribution in [3.05, 3.63) is 34.1 Å². The average Bonchev–Trinajstić information content (AvgIpc) is 2.97. The van der Waals surface area contributed by atoms with Gasteiger partial charge in [-0.3, -0.25) is 19.9 Å². The molecular weight excluding hydrogens is 371 g/mol. The van der Waals surface area contributed by atoms with Gasteiger partial charge in [-0.25, -0.2) is 4.39 Å². The number of hydrogen-bond acceptors (Lipinski definition) is 5. The van der Waals surface area contributed by atoms with Crippen molar-refractivity contribution in [3.63, 3.8) is 0 Å². The minimum atomic E-state index is -0.692. The van der Waals surface area contributed by atoms with Gasteiger partial charge in [-0.2, -0.15) is 0 Å². The summed E-state index contributed by atoms with van der Waals surface area (Å²) in [6.07, 6.45) is 6.13. The van der Waals surface area contributed by atoms with Crippen LogP contribution >= 0.6 is 11.8 Å². The molecule has 0 radical (unpaired) electrons. The number of aliphatic imine (C=N–C) groups is 1. The number of non-ortho nitro benzene ring substituents is 1. The van der Waals surface area contributed by atoms with Crippen LogP contribution in [0.25, 0.3) is 0 Å². The number of nitrogens with one attached hydrogen (secondary N) is 1. The Bertz CT molecular complexity index is 752. The summed E-state index contributed by atoms with van der Waals surface area (Å²) in [6.45, 7) is 0. The second kappa shape index (κ2) is 8.69. The summed E-state index contributed by atoms with van der Waals surface area (Å²) in [5.41, 5.74) is -0.430. The molecule has 0 spiro atoms. The summed E-state index contributed by atoms with van der Waals surface area (Å²) in [5.74, 6) is -0.319. The zero-order valence-electron chi connectivity index (χ0n) is 15.2. The lowest BCUT2D eigenvalue weighted by Crippen LogP contribution is -2.34. The first-order valence-corrected chi connectivity index (χ1v) is 10.1. The van der Waals surface area contributed by atoms with E-state index >= 15 is 0 Å². The lowest BCUT2D eigenvalue weighted by Gasteiger charge is -2.23. The van der Waals surface area contributed by atoms with Crippen LogP contribution in [-0.2, 0) is 4.79 Å². The summed E-state index contributed by atoms with van der Waals surface area (Å²) in [4.78, 5) is 29.4. The minimum absolute atomic E-state index is 0.0286. The smallest absolute Gasteiger partial charge is 0.271 e. The van der Waals surface area contributed by atoms with Gasteiger partial charge in [0.2, 0.25) is 5.91 Å². The van der Waals surface area contributed by atoms with Crippen molar-refractivity contribution < 1.29 is 14.1 Å². The molecule has 1 aromatic carbocycles. The van der Waals surface area contributed by atoms with Crippen LogP contribution in [0.3, 0.4) is 0 Å². The number of amides is 1. The number of thioether (sulfide) groups is 1. The number of rotatable bonds is 5. The number of carbonyl (C=O) groups is 1. The van der Waals surface area contributed by atoms with Gasteiger partial charge in [-0.1, -0.05) is 31.0 Å². The summed E-state index contributed by atoms with van der Waals surface area (Å²) >= 11 is 1.64. The molecule has 2 aliphatic rings. The lowest BCUT2D eigenvalue weighted by molar-refractivity contribution is -0.384. The third-order valence-electron chi connectivity index (χ3n) is 4.98. The zero-order valence-corrected chi connectivity index (χ0v) is 16.0. The first-order valence-electron chi connectivity index (χ1n) is 9.11. The van der Waals surface area contributed by atoms with Crippen molar-refractivity contribution in [2.24, 2.45) is 4.99 Å². The maximum Gasteiger partial charge on any atom is 0.271 e. The molecule has 1 heterocycles. The molecule has 1 N–H and O–H groups in total. The topological polar surface area (TPSA) is 87.8 Å². The number of amidine groups is 1. The van der Waals surface area contributed by atoms with Crippen LogP contribution in [0.1, 0.15) is 38.5 Å². The van der Waals surface area contributed by atoms with Crippen molar-refractivity contribution >= 4 is 34.2 Å². The molecule has 3 rings (SSSR count). The van der Waals surface area contributed by atoms with E-state index in [2.05, 4.69) is 5.32 Å². The van der Waals surface area contributed by atoms with Crippen LogP contribution in [0.2, 0.25) is 0 Å². The molecule has 1 saturated heterocycles. The van der Waals surface area contributed by atoms with E-state index in [0.717, 1.165) is 42.0 Å². The second-order valence-electron chi connectivity index (χ2n) is 6.95. The molecule has 1 saturated carbocycles. The molecule has 146 valence electrons. The Hall–Kier alpha value is -2.16. The maximum atomic E-state index is 13.8. The number of nitro benzene ring substituents is 1. The first kappa shape index (κ1) is 19.6. The molecule has 2 fully saturated rings. The third kappa shape index (κ3) is 4.97. The number of hydrogen-bond donors (Lipinski definition) is 1. The molecule has 0 aromatic heterocycles. The molecule has 0 bridgehead atoms. The van der Waals surface area contributed by atoms with Crippen molar-refractivity contribution in [1.82, 2.24) is 4.90 Å². The van der Waals surface area contributed by atoms with E-state index in [-0.39, 0.29) is 29.7 Å². The SMILES string of the molecule is CN1C(=NC2CCCCC2)SCC1CC(=O)Nc1cc([N+](=O)[O-])ccc1F. The highest BCUT2D eigenvalue weighted by atomic mass is 32.2. The third-order valence-corrected chi connectivity index (χ3v) is 6.18. The summed E-state index contributed by atoms with van der Waals surface area (Å²) in [6, 6.07) is 3.44. The number of halogens is 1. The molecule has 1 aliphatic heterocycles. The van der Waals surface area contributed by atoms with Crippen LogP contribution in [0.15, 0.2) is 23.2 Å². The Morgan fingerprint density at radius 2 is 2.15 bits per heavy atom. The number of anilines is 1. The Kier molecular flexibility index (Phi) is 6.30. The summed E-state index contributed by atoms with van der Waals surface area (Å²) in [5, 5.41) is 14.2. The molecule has 9 heteroatoms. The van der Waals surface area contributed by atoms with Crippen LogP contribution in [-0.4, -0.2) is 45.8 Å². The quantitative estimate of drug-likeness (QED) is 0.606. The van der Waals surface area contributed by atoms with Gasteiger partial charge in [0.05, 0.1) is 16.7 Å². The van der Waals surface area contributed by atoms with Crippen LogP contribution in [0, 0.1) is 15.9 Å². The van der Waals surface area contributed by atoms with Crippen molar-refractivity contribution in [2.45, 2.75) is 50.6 Å². The lowest BCUT2D eigenvalue weighted by atomic mass is 9.96. The first-order chi connectivity index (χ1) is 12.9. The van der Waals surface area contributed by atoms with Crippen molar-refractivity contribution in [2.75, 3.05) is 18.1 Å². The summed E-state index contributed by atoms with van der Waals surface area (Å²) in [7, 11) is 1.92. The van der Waals surface area contributed by atoms with E-state index in [1.165, 1.54) is 19.3 Å². The molecule has 1 amide bonds. The Balaban J connectivity index is 1.59. The van der Waals surface area contributed by atoms with Gasteiger partial charge >= 0.3 is 0 Å². The number of nitro groups is 1. The van der Waals surface area contributed by atoms with Crippen molar-refractivity contribution in [1.29, 1.82) is 0 Å². The van der Waals surface area contributed by atoms with E-state index in [4.69, 9.17) is 4.99 Å². The zero-order chi connectivity index (χ0) is 19.4. The number of carbonyl (C=O) groups excluding carboxylic acids is 1. The highest BCUT2D eigenvalue weighted by Crippen LogP contribution is 2.29. The van der Waals surface area contributed by atoms with Crippen LogP contribution in [0.4, 0.5) is 15.8 Å². The number of nitrogens with zero attached hydrogens (tertiary/aromatic N) is 3. The van der Waals surface area contributed by atoms with Gasteiger partial charge in [0.15, 0.2) is 5.17 Å². The monoisotopic (exact) mass is 394 g/mol. The van der Waals surface area contributed by atoms with Gasteiger partial charge in [0.1, 0.15) is 5.82 Å².